The van der Waals surface area contributed by atoms with Gasteiger partial charge >= 0.3 is 0 Å². The summed E-state index contributed by atoms with van der Waals surface area (Å²) >= 11 is 0. The Hall–Kier alpha value is -0.890. The first-order valence-corrected chi connectivity index (χ1v) is 4.17. The fourth-order valence-electron chi connectivity index (χ4n) is 1.12. The van der Waals surface area contributed by atoms with E-state index in [1.807, 2.05) is 24.3 Å². The van der Waals surface area contributed by atoms with Crippen LogP contribution < -0.4 is 5.73 Å². The first-order chi connectivity index (χ1) is 5.74. The van der Waals surface area contributed by atoms with Crippen LogP contribution in [0.3, 0.4) is 0 Å². The molecule has 0 aliphatic heterocycles. The second-order valence-electron chi connectivity index (χ2n) is 2.90. The molecule has 0 heterocycles. The molecule has 66 valence electrons. The Kier molecular flexibility index (Phi) is 3.23. The number of nitrogens with two attached hydrogens (primary N) is 1. The maximum absolute atomic E-state index is 12.7. The van der Waals surface area contributed by atoms with Gasteiger partial charge in [0.05, 0.1) is 0 Å². The summed E-state index contributed by atoms with van der Waals surface area (Å²) in [5.74, 6) is 0. The molecule has 1 nitrogen and oxygen atoms in total. The highest BCUT2D eigenvalue weighted by Gasteiger charge is 2.00. The standard InChI is InChI=1S/C10H14FN/c1-8(11)10-4-2-9(3-5-10)6-7-12/h2-5,8H,6-7,12H2,1H3. The Labute approximate surface area is 72.4 Å². The second kappa shape index (κ2) is 4.21. The van der Waals surface area contributed by atoms with Crippen molar-refractivity contribution in [2.24, 2.45) is 5.73 Å². The quantitative estimate of drug-likeness (QED) is 0.734. The van der Waals surface area contributed by atoms with Crippen molar-refractivity contribution in [1.82, 2.24) is 0 Å². The molecule has 0 amide bonds. The molecular formula is C10H14FN. The van der Waals surface area contributed by atoms with E-state index in [4.69, 9.17) is 5.73 Å². The molecule has 1 atom stereocenters. The van der Waals surface area contributed by atoms with Gasteiger partial charge in [-0.3, -0.25) is 0 Å². The van der Waals surface area contributed by atoms with E-state index >= 15 is 0 Å². The third-order valence-electron chi connectivity index (χ3n) is 1.87. The summed E-state index contributed by atoms with van der Waals surface area (Å²) in [7, 11) is 0. The molecule has 0 aliphatic rings. The monoisotopic (exact) mass is 167 g/mol. The van der Waals surface area contributed by atoms with Gasteiger partial charge in [-0.25, -0.2) is 4.39 Å². The van der Waals surface area contributed by atoms with Gasteiger partial charge in [-0.1, -0.05) is 24.3 Å². The predicted octanol–water partition coefficient (Wildman–Crippen LogP) is 2.22. The zero-order valence-corrected chi connectivity index (χ0v) is 7.26. The van der Waals surface area contributed by atoms with E-state index in [9.17, 15) is 4.39 Å². The van der Waals surface area contributed by atoms with Crippen molar-refractivity contribution in [3.05, 3.63) is 35.4 Å². The Morgan fingerprint density at radius 1 is 1.33 bits per heavy atom. The Morgan fingerprint density at radius 3 is 2.33 bits per heavy atom. The third kappa shape index (κ3) is 2.31. The van der Waals surface area contributed by atoms with Crippen molar-refractivity contribution in [2.75, 3.05) is 6.54 Å². The van der Waals surface area contributed by atoms with E-state index in [-0.39, 0.29) is 0 Å². The number of hydrogen-bond acceptors (Lipinski definition) is 1. The molecule has 1 aromatic rings. The van der Waals surface area contributed by atoms with Crippen molar-refractivity contribution in [1.29, 1.82) is 0 Å². The first-order valence-electron chi connectivity index (χ1n) is 4.17. The summed E-state index contributed by atoms with van der Waals surface area (Å²) in [6, 6.07) is 7.49. The maximum Gasteiger partial charge on any atom is 0.122 e. The zero-order chi connectivity index (χ0) is 8.97. The fourth-order valence-corrected chi connectivity index (χ4v) is 1.12. The molecule has 1 rings (SSSR count). The van der Waals surface area contributed by atoms with Crippen LogP contribution in [0, 0.1) is 0 Å². The average molecular weight is 167 g/mol. The maximum atomic E-state index is 12.7. The second-order valence-corrected chi connectivity index (χ2v) is 2.90. The summed E-state index contributed by atoms with van der Waals surface area (Å²) < 4.78 is 12.7. The molecule has 0 radical (unpaired) electrons. The minimum Gasteiger partial charge on any atom is -0.330 e. The summed E-state index contributed by atoms with van der Waals surface area (Å²) in [4.78, 5) is 0. The molecule has 0 fully saturated rings. The van der Waals surface area contributed by atoms with Crippen LogP contribution in [0.1, 0.15) is 24.2 Å². The molecule has 0 aromatic heterocycles. The third-order valence-corrected chi connectivity index (χ3v) is 1.87. The zero-order valence-electron chi connectivity index (χ0n) is 7.26. The summed E-state index contributed by atoms with van der Waals surface area (Å²) in [5.41, 5.74) is 7.28. The van der Waals surface area contributed by atoms with Crippen LogP contribution in [0.2, 0.25) is 0 Å². The lowest BCUT2D eigenvalue weighted by molar-refractivity contribution is 0.374. The highest BCUT2D eigenvalue weighted by molar-refractivity contribution is 5.24. The van der Waals surface area contributed by atoms with Gasteiger partial charge in [0.2, 0.25) is 0 Å². The number of benzene rings is 1. The largest absolute Gasteiger partial charge is 0.330 e. The summed E-state index contributed by atoms with van der Waals surface area (Å²) in [6.45, 7) is 2.18. The van der Waals surface area contributed by atoms with Crippen molar-refractivity contribution in [3.8, 4) is 0 Å². The number of hydrogen-bond donors (Lipinski definition) is 1. The van der Waals surface area contributed by atoms with Gasteiger partial charge in [0.1, 0.15) is 6.17 Å². The van der Waals surface area contributed by atoms with Crippen LogP contribution in [0.15, 0.2) is 24.3 Å². The van der Waals surface area contributed by atoms with E-state index in [2.05, 4.69) is 0 Å². The lowest BCUT2D eigenvalue weighted by Crippen LogP contribution is -2.02. The number of alkyl halides is 1. The van der Waals surface area contributed by atoms with Crippen LogP contribution in [-0.2, 0) is 6.42 Å². The van der Waals surface area contributed by atoms with Crippen molar-refractivity contribution >= 4 is 0 Å². The van der Waals surface area contributed by atoms with Gasteiger partial charge in [0, 0.05) is 0 Å². The lowest BCUT2D eigenvalue weighted by atomic mass is 10.1. The molecule has 0 saturated heterocycles. The molecule has 2 heteroatoms. The minimum absolute atomic E-state index is 0.643. The molecule has 0 aliphatic carbocycles. The van der Waals surface area contributed by atoms with Crippen LogP contribution in [0.25, 0.3) is 0 Å². The molecule has 1 unspecified atom stereocenters. The minimum atomic E-state index is -0.878. The van der Waals surface area contributed by atoms with Crippen LogP contribution in [0.4, 0.5) is 4.39 Å². The van der Waals surface area contributed by atoms with E-state index in [1.165, 1.54) is 12.5 Å². The predicted molar refractivity (Wildman–Crippen MR) is 48.7 cm³/mol. The average Bonchev–Trinajstić information content (AvgIpc) is 2.06. The van der Waals surface area contributed by atoms with Crippen LogP contribution in [0.5, 0.6) is 0 Å². The highest BCUT2D eigenvalue weighted by atomic mass is 19.1. The Bertz CT molecular complexity index is 228. The van der Waals surface area contributed by atoms with Crippen LogP contribution in [-0.4, -0.2) is 6.54 Å². The molecule has 12 heavy (non-hydrogen) atoms. The number of rotatable bonds is 3. The molecule has 2 N–H and O–H groups in total. The van der Waals surface area contributed by atoms with Crippen molar-refractivity contribution < 1.29 is 4.39 Å². The number of halogens is 1. The van der Waals surface area contributed by atoms with E-state index < -0.39 is 6.17 Å². The van der Waals surface area contributed by atoms with Gasteiger partial charge in [-0.15, -0.1) is 0 Å². The van der Waals surface area contributed by atoms with E-state index in [0.29, 0.717) is 6.54 Å². The van der Waals surface area contributed by atoms with Gasteiger partial charge in [-0.2, -0.15) is 0 Å². The van der Waals surface area contributed by atoms with Gasteiger partial charge < -0.3 is 5.73 Å². The molecule has 1 aromatic carbocycles. The first kappa shape index (κ1) is 9.20. The summed E-state index contributed by atoms with van der Waals surface area (Å²) in [6.07, 6.45) is -0.0158. The van der Waals surface area contributed by atoms with E-state index in [1.54, 1.807) is 0 Å². The van der Waals surface area contributed by atoms with E-state index in [0.717, 1.165) is 12.0 Å². The Morgan fingerprint density at radius 2 is 1.92 bits per heavy atom. The molecule has 0 bridgehead atoms. The molecule has 0 saturated carbocycles. The van der Waals surface area contributed by atoms with Gasteiger partial charge in [0.25, 0.3) is 0 Å². The lowest BCUT2D eigenvalue weighted by Gasteiger charge is -2.03. The normalized spacial score (nSPS) is 12.9. The van der Waals surface area contributed by atoms with Crippen LogP contribution >= 0.6 is 0 Å². The van der Waals surface area contributed by atoms with Crippen molar-refractivity contribution in [2.45, 2.75) is 19.5 Å². The van der Waals surface area contributed by atoms with Gasteiger partial charge in [-0.05, 0) is 31.0 Å². The highest BCUT2D eigenvalue weighted by Crippen LogP contribution is 2.16. The van der Waals surface area contributed by atoms with Gasteiger partial charge in [0.15, 0.2) is 0 Å². The molecule has 0 spiro atoms. The SMILES string of the molecule is CC(F)c1ccc(CCN)cc1. The van der Waals surface area contributed by atoms with Crippen molar-refractivity contribution in [3.63, 3.8) is 0 Å². The summed E-state index contributed by atoms with van der Waals surface area (Å²) in [5, 5.41) is 0. The fraction of sp³-hybridized carbons (Fsp3) is 0.400. The Balaban J connectivity index is 2.71. The smallest absolute Gasteiger partial charge is 0.122 e. The molecular weight excluding hydrogens is 153 g/mol. The topological polar surface area (TPSA) is 26.0 Å².